The predicted octanol–water partition coefficient (Wildman–Crippen LogP) is 5.06. The molecule has 0 fully saturated rings. The second-order valence-electron chi connectivity index (χ2n) is 7.56. The van der Waals surface area contributed by atoms with E-state index in [-0.39, 0.29) is 53.4 Å². The fourth-order valence-corrected chi connectivity index (χ4v) is 3.28. The van der Waals surface area contributed by atoms with E-state index < -0.39 is 17.6 Å². The van der Waals surface area contributed by atoms with Crippen molar-refractivity contribution in [1.82, 2.24) is 0 Å². The summed E-state index contributed by atoms with van der Waals surface area (Å²) >= 11 is 0. The molecular formula is C25H26O8. The number of ether oxygens (including phenoxy) is 3. The van der Waals surface area contributed by atoms with Crippen molar-refractivity contribution < 1.29 is 33.0 Å². The van der Waals surface area contributed by atoms with Gasteiger partial charge in [-0.3, -0.25) is 14.4 Å². The zero-order chi connectivity index (χ0) is 24.0. The van der Waals surface area contributed by atoms with Crippen LogP contribution in [-0.4, -0.2) is 17.9 Å². The molecule has 0 spiro atoms. The summed E-state index contributed by atoms with van der Waals surface area (Å²) in [4.78, 5) is 48.7. The van der Waals surface area contributed by atoms with Gasteiger partial charge in [0.15, 0.2) is 11.5 Å². The molecule has 0 amide bonds. The average Bonchev–Trinajstić information content (AvgIpc) is 2.75. The first-order valence-electron chi connectivity index (χ1n) is 11.0. The molecule has 8 nitrogen and oxygen atoms in total. The molecule has 3 rings (SSSR count). The van der Waals surface area contributed by atoms with Crippen LogP contribution in [-0.2, 0) is 14.4 Å². The topological polar surface area (TPSA) is 109 Å². The van der Waals surface area contributed by atoms with Crippen LogP contribution in [0.3, 0.4) is 0 Å². The minimum Gasteiger partial charge on any atom is -0.426 e. The van der Waals surface area contributed by atoms with E-state index in [1.54, 1.807) is 12.1 Å². The van der Waals surface area contributed by atoms with Crippen molar-refractivity contribution in [3.63, 3.8) is 0 Å². The average molecular weight is 454 g/mol. The second kappa shape index (κ2) is 10.8. The van der Waals surface area contributed by atoms with Gasteiger partial charge in [0, 0.05) is 36.1 Å². The molecule has 33 heavy (non-hydrogen) atoms. The van der Waals surface area contributed by atoms with Gasteiger partial charge in [-0.25, -0.2) is 4.79 Å². The first-order valence-corrected chi connectivity index (χ1v) is 11.0. The number of rotatable bonds is 9. The molecule has 3 aromatic rings. The summed E-state index contributed by atoms with van der Waals surface area (Å²) in [5.41, 5.74) is -0.468. The van der Waals surface area contributed by atoms with Gasteiger partial charge in [0.1, 0.15) is 11.3 Å². The summed E-state index contributed by atoms with van der Waals surface area (Å²) in [5.74, 6) is -1.11. The minimum atomic E-state index is -0.672. The Hall–Kier alpha value is -3.68. The third-order valence-electron chi connectivity index (χ3n) is 4.79. The Morgan fingerprint density at radius 1 is 0.697 bits per heavy atom. The van der Waals surface area contributed by atoms with E-state index in [9.17, 15) is 19.2 Å². The summed E-state index contributed by atoms with van der Waals surface area (Å²) in [5, 5.41) is 1.15. The number of benzene rings is 2. The maximum Gasteiger partial charge on any atom is 0.344 e. The van der Waals surface area contributed by atoms with Gasteiger partial charge in [-0.2, -0.15) is 0 Å². The highest BCUT2D eigenvalue weighted by molar-refractivity contribution is 6.06. The van der Waals surface area contributed by atoms with E-state index in [0.717, 1.165) is 0 Å². The molecule has 0 N–H and O–H groups in total. The van der Waals surface area contributed by atoms with Crippen molar-refractivity contribution in [2.24, 2.45) is 0 Å². The molecule has 0 aliphatic heterocycles. The Labute approximate surface area is 190 Å². The minimum absolute atomic E-state index is 0.0258. The number of fused-ring (bicyclic) bond motifs is 3. The van der Waals surface area contributed by atoms with Crippen LogP contribution in [0, 0.1) is 0 Å². The fourth-order valence-electron chi connectivity index (χ4n) is 3.28. The molecule has 2 aromatic carbocycles. The maximum absolute atomic E-state index is 12.7. The van der Waals surface area contributed by atoms with Crippen LogP contribution in [0.4, 0.5) is 0 Å². The van der Waals surface area contributed by atoms with E-state index in [1.165, 1.54) is 18.2 Å². The van der Waals surface area contributed by atoms with E-state index in [4.69, 9.17) is 18.6 Å². The molecule has 8 heteroatoms. The van der Waals surface area contributed by atoms with Gasteiger partial charge in [-0.1, -0.05) is 20.8 Å². The zero-order valence-electron chi connectivity index (χ0n) is 18.9. The van der Waals surface area contributed by atoms with Crippen LogP contribution in [0.2, 0.25) is 0 Å². The quantitative estimate of drug-likeness (QED) is 0.191. The van der Waals surface area contributed by atoms with Gasteiger partial charge in [0.05, 0.1) is 5.39 Å². The lowest BCUT2D eigenvalue weighted by Crippen LogP contribution is -2.12. The van der Waals surface area contributed by atoms with Crippen LogP contribution >= 0.6 is 0 Å². The molecular weight excluding hydrogens is 428 g/mol. The van der Waals surface area contributed by atoms with Crippen molar-refractivity contribution >= 4 is 39.6 Å². The Bertz CT molecular complexity index is 1250. The smallest absolute Gasteiger partial charge is 0.344 e. The lowest BCUT2D eigenvalue weighted by atomic mass is 10.1. The fraction of sp³-hybridized carbons (Fsp3) is 0.360. The highest BCUT2D eigenvalue weighted by atomic mass is 16.6. The van der Waals surface area contributed by atoms with Crippen LogP contribution < -0.4 is 19.8 Å². The third kappa shape index (κ3) is 5.77. The summed E-state index contributed by atoms with van der Waals surface area (Å²) in [6, 6.07) is 7.53. The van der Waals surface area contributed by atoms with Crippen LogP contribution in [0.5, 0.6) is 17.2 Å². The van der Waals surface area contributed by atoms with Gasteiger partial charge in [-0.15, -0.1) is 0 Å². The van der Waals surface area contributed by atoms with Gasteiger partial charge in [0.2, 0.25) is 0 Å². The molecule has 174 valence electrons. The molecule has 0 radical (unpaired) electrons. The molecule has 1 heterocycles. The Morgan fingerprint density at radius 3 is 1.76 bits per heavy atom. The third-order valence-corrected chi connectivity index (χ3v) is 4.79. The molecule has 0 aliphatic carbocycles. The maximum atomic E-state index is 12.7. The largest absolute Gasteiger partial charge is 0.426 e. The number of carbonyl (C=O) groups excluding carboxylic acids is 3. The standard InChI is InChI=1S/C25H26O8/c1-4-7-22(26)30-15-10-11-16-17-13-20(31-23(27)8-5-2)21(32-24(28)9-6-3)14-18(17)25(29)33-19(16)12-15/h10-14H,4-9H2,1-3H3. The number of esters is 3. The summed E-state index contributed by atoms with van der Waals surface area (Å²) < 4.78 is 21.5. The van der Waals surface area contributed by atoms with Crippen molar-refractivity contribution in [3.8, 4) is 17.2 Å². The molecule has 1 aromatic heterocycles. The van der Waals surface area contributed by atoms with Crippen LogP contribution in [0.15, 0.2) is 39.5 Å². The van der Waals surface area contributed by atoms with Gasteiger partial charge >= 0.3 is 23.5 Å². The highest BCUT2D eigenvalue weighted by Crippen LogP contribution is 2.36. The normalized spacial score (nSPS) is 10.9. The first kappa shape index (κ1) is 24.0. The SMILES string of the molecule is CCCC(=O)Oc1ccc2c(c1)oc(=O)c1cc(OC(=O)CCC)c(OC(=O)CCC)cc12. The van der Waals surface area contributed by atoms with Crippen LogP contribution in [0.1, 0.15) is 59.3 Å². The highest BCUT2D eigenvalue weighted by Gasteiger charge is 2.19. The summed E-state index contributed by atoms with van der Waals surface area (Å²) in [6.45, 7) is 5.54. The molecule has 0 unspecified atom stereocenters. The van der Waals surface area contributed by atoms with E-state index in [0.29, 0.717) is 30.0 Å². The van der Waals surface area contributed by atoms with Gasteiger partial charge < -0.3 is 18.6 Å². The van der Waals surface area contributed by atoms with E-state index in [1.807, 2.05) is 20.8 Å². The van der Waals surface area contributed by atoms with Gasteiger partial charge in [0.25, 0.3) is 0 Å². The van der Waals surface area contributed by atoms with Crippen LogP contribution in [0.25, 0.3) is 21.7 Å². The zero-order valence-corrected chi connectivity index (χ0v) is 18.9. The number of hydrogen-bond acceptors (Lipinski definition) is 8. The van der Waals surface area contributed by atoms with Crippen molar-refractivity contribution in [2.75, 3.05) is 0 Å². The monoisotopic (exact) mass is 454 g/mol. The Kier molecular flexibility index (Phi) is 7.82. The lowest BCUT2D eigenvalue weighted by molar-refractivity contribution is -0.137. The number of hydrogen-bond donors (Lipinski definition) is 0. The summed E-state index contributed by atoms with van der Waals surface area (Å²) in [7, 11) is 0. The predicted molar refractivity (Wildman–Crippen MR) is 122 cm³/mol. The van der Waals surface area contributed by atoms with Crippen molar-refractivity contribution in [2.45, 2.75) is 59.3 Å². The lowest BCUT2D eigenvalue weighted by Gasteiger charge is -2.13. The van der Waals surface area contributed by atoms with E-state index in [2.05, 4.69) is 0 Å². The van der Waals surface area contributed by atoms with Gasteiger partial charge in [-0.05, 0) is 43.5 Å². The van der Waals surface area contributed by atoms with Crippen molar-refractivity contribution in [3.05, 3.63) is 40.8 Å². The Morgan fingerprint density at radius 2 is 1.21 bits per heavy atom. The molecule has 0 saturated carbocycles. The number of carbonyl (C=O) groups is 3. The van der Waals surface area contributed by atoms with E-state index >= 15 is 0 Å². The van der Waals surface area contributed by atoms with Crippen molar-refractivity contribution in [1.29, 1.82) is 0 Å². The molecule has 0 saturated heterocycles. The Balaban J connectivity index is 2.13. The molecule has 0 atom stereocenters. The molecule has 0 bridgehead atoms. The second-order valence-corrected chi connectivity index (χ2v) is 7.56. The molecule has 0 aliphatic rings. The first-order chi connectivity index (χ1) is 15.9. The summed E-state index contributed by atoms with van der Waals surface area (Å²) in [6.07, 6.45) is 2.44.